The number of carbonyl (C=O) groups excluding carboxylic acids is 1. The minimum atomic E-state index is 0. The van der Waals surface area contributed by atoms with Gasteiger partial charge in [-0.25, -0.2) is 0 Å². The van der Waals surface area contributed by atoms with E-state index in [2.05, 4.69) is 31.7 Å². The van der Waals surface area contributed by atoms with Crippen LogP contribution in [0.3, 0.4) is 0 Å². The van der Waals surface area contributed by atoms with Gasteiger partial charge in [-0.15, -0.1) is 12.4 Å². The van der Waals surface area contributed by atoms with Gasteiger partial charge in [0.1, 0.15) is 5.78 Å². The first-order chi connectivity index (χ1) is 7.17. The van der Waals surface area contributed by atoms with E-state index < -0.39 is 0 Å². The van der Waals surface area contributed by atoms with Crippen molar-refractivity contribution in [1.29, 1.82) is 5.26 Å². The average Bonchev–Trinajstić information content (AvgIpc) is 2.68. The number of Topliss-reactive ketones (excluding diaryl/α,β-unsaturated/α-hetero) is 1. The Hall–Kier alpha value is -0.590. The van der Waals surface area contributed by atoms with Gasteiger partial charge in [0.25, 0.3) is 0 Å². The van der Waals surface area contributed by atoms with Crippen LogP contribution in [-0.4, -0.2) is 30.3 Å². The minimum Gasteiger partial charge on any atom is -0.304 e. The number of ketones is 1. The Morgan fingerprint density at radius 1 is 1.31 bits per heavy atom. The number of nitriles is 1. The molecule has 0 bridgehead atoms. The summed E-state index contributed by atoms with van der Waals surface area (Å²) in [4.78, 5) is 12.8. The molecule has 0 aliphatic heterocycles. The van der Waals surface area contributed by atoms with E-state index in [1.54, 1.807) is 0 Å². The molecule has 94 valence electrons. The molecule has 0 saturated heterocycles. The lowest BCUT2D eigenvalue weighted by molar-refractivity contribution is -0.117. The number of carbonyl (C=O) groups is 1. The van der Waals surface area contributed by atoms with Crippen LogP contribution in [0.5, 0.6) is 0 Å². The summed E-state index contributed by atoms with van der Waals surface area (Å²) >= 11 is 0. The first-order valence-electron chi connectivity index (χ1n) is 5.81. The number of rotatable bonds is 3. The zero-order chi connectivity index (χ0) is 11.7. The van der Waals surface area contributed by atoms with E-state index in [0.717, 1.165) is 6.42 Å². The Kier molecular flexibility index (Phi) is 12.1. The van der Waals surface area contributed by atoms with Crippen LogP contribution >= 0.6 is 12.4 Å². The molecule has 0 amide bonds. The van der Waals surface area contributed by atoms with E-state index in [1.807, 2.05) is 0 Å². The predicted octanol–water partition coefficient (Wildman–Crippen LogP) is 2.65. The fraction of sp³-hybridized carbons (Fsp3) is 0.833. The molecule has 1 unspecified atom stereocenters. The summed E-state index contributed by atoms with van der Waals surface area (Å²) in [6.45, 7) is 10.1. The van der Waals surface area contributed by atoms with Gasteiger partial charge < -0.3 is 4.90 Å². The summed E-state index contributed by atoms with van der Waals surface area (Å²) in [5, 5.41) is 8.28. The quantitative estimate of drug-likeness (QED) is 0.769. The normalized spacial score (nSPS) is 18.4. The lowest BCUT2D eigenvalue weighted by atomic mass is 10.1. The van der Waals surface area contributed by atoms with Crippen molar-refractivity contribution in [3.63, 3.8) is 0 Å². The van der Waals surface area contributed by atoms with E-state index in [1.165, 1.54) is 19.6 Å². The van der Waals surface area contributed by atoms with Crippen LogP contribution in [-0.2, 0) is 4.79 Å². The van der Waals surface area contributed by atoms with E-state index in [-0.39, 0.29) is 24.1 Å². The summed E-state index contributed by atoms with van der Waals surface area (Å²) in [5.74, 6) is 0.277. The van der Waals surface area contributed by atoms with Crippen molar-refractivity contribution in [2.45, 2.75) is 40.0 Å². The molecule has 1 aliphatic carbocycles. The third-order valence-electron chi connectivity index (χ3n) is 2.77. The molecule has 0 aromatic rings. The maximum absolute atomic E-state index is 10.5. The second-order valence-electron chi connectivity index (χ2n) is 3.73. The third kappa shape index (κ3) is 7.67. The molecule has 3 nitrogen and oxygen atoms in total. The van der Waals surface area contributed by atoms with Gasteiger partial charge in [-0.2, -0.15) is 5.26 Å². The summed E-state index contributed by atoms with van der Waals surface area (Å²) in [7, 11) is 0. The van der Waals surface area contributed by atoms with Crippen molar-refractivity contribution < 1.29 is 4.79 Å². The average molecular weight is 247 g/mol. The Morgan fingerprint density at radius 3 is 1.94 bits per heavy atom. The van der Waals surface area contributed by atoms with Crippen molar-refractivity contribution in [2.24, 2.45) is 5.92 Å². The lowest BCUT2D eigenvalue weighted by Crippen LogP contribution is -2.21. The largest absolute Gasteiger partial charge is 0.304 e. The maximum atomic E-state index is 10.5. The third-order valence-corrected chi connectivity index (χ3v) is 2.77. The molecule has 1 aliphatic rings. The highest BCUT2D eigenvalue weighted by Gasteiger charge is 2.20. The van der Waals surface area contributed by atoms with Gasteiger partial charge in [0, 0.05) is 12.8 Å². The molecule has 0 radical (unpaired) electrons. The topological polar surface area (TPSA) is 44.1 Å². The first kappa shape index (κ1) is 17.8. The minimum absolute atomic E-state index is 0. The van der Waals surface area contributed by atoms with Crippen molar-refractivity contribution in [3.8, 4) is 6.07 Å². The Morgan fingerprint density at radius 2 is 1.81 bits per heavy atom. The lowest BCUT2D eigenvalue weighted by Gasteiger charge is -2.13. The second-order valence-corrected chi connectivity index (χ2v) is 3.73. The van der Waals surface area contributed by atoms with E-state index >= 15 is 0 Å². The van der Waals surface area contributed by atoms with Crippen LogP contribution in [0.25, 0.3) is 0 Å². The van der Waals surface area contributed by atoms with Crippen LogP contribution in [0.15, 0.2) is 0 Å². The monoisotopic (exact) mass is 246 g/mol. The zero-order valence-corrected chi connectivity index (χ0v) is 11.3. The van der Waals surface area contributed by atoms with Crippen molar-refractivity contribution in [3.05, 3.63) is 0 Å². The molecule has 1 rings (SSSR count). The van der Waals surface area contributed by atoms with Crippen LogP contribution in [0.1, 0.15) is 40.0 Å². The summed E-state index contributed by atoms with van der Waals surface area (Å²) in [6.07, 6.45) is 1.91. The Balaban J connectivity index is 0. The second kappa shape index (κ2) is 10.9. The fourth-order valence-electron chi connectivity index (χ4n) is 1.60. The van der Waals surface area contributed by atoms with Gasteiger partial charge in [-0.3, -0.25) is 4.79 Å². The first-order valence-corrected chi connectivity index (χ1v) is 5.81. The van der Waals surface area contributed by atoms with E-state index in [4.69, 9.17) is 5.26 Å². The van der Waals surface area contributed by atoms with Crippen molar-refractivity contribution >= 4 is 18.2 Å². The molecule has 1 fully saturated rings. The van der Waals surface area contributed by atoms with Gasteiger partial charge in [-0.1, -0.05) is 20.8 Å². The molecular formula is C12H23ClN2O. The van der Waals surface area contributed by atoms with Gasteiger partial charge in [0.15, 0.2) is 0 Å². The predicted molar refractivity (Wildman–Crippen MR) is 68.7 cm³/mol. The van der Waals surface area contributed by atoms with Crippen molar-refractivity contribution in [2.75, 3.05) is 19.6 Å². The molecule has 1 saturated carbocycles. The van der Waals surface area contributed by atoms with Gasteiger partial charge in [-0.05, 0) is 26.1 Å². The smallest absolute Gasteiger partial charge is 0.134 e. The SMILES string of the molecule is CCN(CC)CC.Cl.N#CC1CCC(=O)C1. The van der Waals surface area contributed by atoms with Gasteiger partial charge >= 0.3 is 0 Å². The van der Waals surface area contributed by atoms with E-state index in [0.29, 0.717) is 12.8 Å². The molecule has 4 heteroatoms. The summed E-state index contributed by atoms with van der Waals surface area (Å²) in [6, 6.07) is 2.07. The van der Waals surface area contributed by atoms with Crippen LogP contribution < -0.4 is 0 Å². The number of hydrogen-bond acceptors (Lipinski definition) is 3. The highest BCUT2D eigenvalue weighted by molar-refractivity contribution is 5.85. The molecule has 0 spiro atoms. The molecule has 0 heterocycles. The highest BCUT2D eigenvalue weighted by Crippen LogP contribution is 2.19. The highest BCUT2D eigenvalue weighted by atomic mass is 35.5. The Labute approximate surface area is 105 Å². The van der Waals surface area contributed by atoms with Crippen LogP contribution in [0.2, 0.25) is 0 Å². The fourth-order valence-corrected chi connectivity index (χ4v) is 1.60. The number of nitrogens with zero attached hydrogens (tertiary/aromatic N) is 2. The molecule has 0 aromatic heterocycles. The number of hydrogen-bond donors (Lipinski definition) is 0. The molecule has 0 aromatic carbocycles. The van der Waals surface area contributed by atoms with Gasteiger partial charge in [0.05, 0.1) is 12.0 Å². The van der Waals surface area contributed by atoms with Crippen LogP contribution in [0.4, 0.5) is 0 Å². The molecule has 1 atom stereocenters. The van der Waals surface area contributed by atoms with Crippen molar-refractivity contribution in [1.82, 2.24) is 4.90 Å². The zero-order valence-electron chi connectivity index (χ0n) is 10.5. The molecule has 16 heavy (non-hydrogen) atoms. The molecule has 0 N–H and O–H groups in total. The van der Waals surface area contributed by atoms with Crippen LogP contribution in [0, 0.1) is 17.2 Å². The summed E-state index contributed by atoms with van der Waals surface area (Å²) in [5.41, 5.74) is 0. The summed E-state index contributed by atoms with van der Waals surface area (Å²) < 4.78 is 0. The number of halogens is 1. The van der Waals surface area contributed by atoms with E-state index in [9.17, 15) is 4.79 Å². The standard InChI is InChI=1S/C6H7NO.C6H15N.ClH/c7-4-5-1-2-6(8)3-5;1-4-7(5-2)6-3;/h5H,1-3H2;4-6H2,1-3H3;1H. The Bertz CT molecular complexity index is 216. The maximum Gasteiger partial charge on any atom is 0.134 e. The van der Waals surface area contributed by atoms with Gasteiger partial charge in [0.2, 0.25) is 0 Å². The molecular weight excluding hydrogens is 224 g/mol.